The molecule has 0 saturated carbocycles. The van der Waals surface area contributed by atoms with Gasteiger partial charge in [0.25, 0.3) is 0 Å². The Morgan fingerprint density at radius 2 is 1.89 bits per heavy atom. The monoisotopic (exact) mass is 322 g/mol. The lowest BCUT2D eigenvalue weighted by Gasteiger charge is -2.08. The first kappa shape index (κ1) is 13.5. The molecule has 3 nitrogen and oxygen atoms in total. The average molecular weight is 323 g/mol. The Kier molecular flexibility index (Phi) is 4.52. The third-order valence-corrected chi connectivity index (χ3v) is 2.97. The lowest BCUT2D eigenvalue weighted by atomic mass is 10.2. The fourth-order valence-electron chi connectivity index (χ4n) is 1.55. The summed E-state index contributed by atoms with van der Waals surface area (Å²) in [5.74, 6) is -0.344. The molecular formula is C14H12BrFN2O. The summed E-state index contributed by atoms with van der Waals surface area (Å²) in [7, 11) is 0. The van der Waals surface area contributed by atoms with E-state index in [1.165, 1.54) is 6.07 Å². The van der Waals surface area contributed by atoms with Crippen LogP contribution in [-0.4, -0.2) is 6.03 Å². The van der Waals surface area contributed by atoms with E-state index in [1.807, 2.05) is 18.2 Å². The van der Waals surface area contributed by atoms with Crippen LogP contribution in [0.2, 0.25) is 0 Å². The second kappa shape index (κ2) is 6.33. The molecule has 0 saturated heterocycles. The molecule has 5 heteroatoms. The van der Waals surface area contributed by atoms with Gasteiger partial charge in [-0.05, 0) is 30.3 Å². The first-order chi connectivity index (χ1) is 9.15. The number of benzene rings is 2. The van der Waals surface area contributed by atoms with Gasteiger partial charge in [-0.15, -0.1) is 0 Å². The molecule has 0 aliphatic carbocycles. The van der Waals surface area contributed by atoms with Crippen molar-refractivity contribution in [2.75, 3.05) is 5.32 Å². The van der Waals surface area contributed by atoms with E-state index < -0.39 is 0 Å². The fraction of sp³-hybridized carbons (Fsp3) is 0.0714. The number of rotatable bonds is 3. The zero-order valence-corrected chi connectivity index (χ0v) is 11.6. The number of para-hydroxylation sites is 1. The summed E-state index contributed by atoms with van der Waals surface area (Å²) in [5.41, 5.74) is 1.12. The summed E-state index contributed by atoms with van der Waals surface area (Å²) in [6.45, 7) is 0.129. The Bertz CT molecular complexity index is 575. The molecule has 2 rings (SSSR count). The molecular weight excluding hydrogens is 311 g/mol. The van der Waals surface area contributed by atoms with E-state index in [1.54, 1.807) is 24.3 Å². The van der Waals surface area contributed by atoms with E-state index in [-0.39, 0.29) is 18.4 Å². The molecule has 2 amide bonds. The number of nitrogens with one attached hydrogen (secondary N) is 2. The number of amides is 2. The topological polar surface area (TPSA) is 41.1 Å². The van der Waals surface area contributed by atoms with Crippen molar-refractivity contribution in [1.29, 1.82) is 0 Å². The molecule has 0 aliphatic rings. The van der Waals surface area contributed by atoms with Crippen LogP contribution in [0.15, 0.2) is 53.0 Å². The number of hydrogen-bond acceptors (Lipinski definition) is 1. The van der Waals surface area contributed by atoms with E-state index in [0.29, 0.717) is 11.3 Å². The number of halogens is 2. The van der Waals surface area contributed by atoms with Gasteiger partial charge < -0.3 is 10.6 Å². The Morgan fingerprint density at radius 1 is 1.16 bits per heavy atom. The fourth-order valence-corrected chi connectivity index (χ4v) is 1.96. The standard InChI is InChI=1S/C14H12BrFN2O/c15-11-6-7-13(16)10(8-11)9-17-14(19)18-12-4-2-1-3-5-12/h1-8H,9H2,(H2,17,18,19). The highest BCUT2D eigenvalue weighted by Gasteiger charge is 2.05. The molecule has 0 heterocycles. The van der Waals surface area contributed by atoms with Crippen LogP contribution in [0.5, 0.6) is 0 Å². The lowest BCUT2D eigenvalue weighted by Crippen LogP contribution is -2.28. The molecule has 0 atom stereocenters. The van der Waals surface area contributed by atoms with Crippen LogP contribution in [0.4, 0.5) is 14.9 Å². The van der Waals surface area contributed by atoms with Gasteiger partial charge in [0.15, 0.2) is 0 Å². The van der Waals surface area contributed by atoms with Crippen LogP contribution in [-0.2, 0) is 6.54 Å². The predicted octanol–water partition coefficient (Wildman–Crippen LogP) is 3.91. The van der Waals surface area contributed by atoms with Crippen molar-refractivity contribution < 1.29 is 9.18 Å². The molecule has 0 bridgehead atoms. The van der Waals surface area contributed by atoms with E-state index >= 15 is 0 Å². The van der Waals surface area contributed by atoms with Gasteiger partial charge in [0.2, 0.25) is 0 Å². The maximum Gasteiger partial charge on any atom is 0.319 e. The zero-order valence-electron chi connectivity index (χ0n) is 9.99. The molecule has 2 aromatic carbocycles. The molecule has 0 radical (unpaired) electrons. The average Bonchev–Trinajstić information content (AvgIpc) is 2.41. The maximum absolute atomic E-state index is 13.5. The van der Waals surface area contributed by atoms with E-state index in [4.69, 9.17) is 0 Å². The summed E-state index contributed by atoms with van der Waals surface area (Å²) in [5, 5.41) is 5.27. The first-order valence-corrected chi connectivity index (χ1v) is 6.48. The van der Waals surface area contributed by atoms with Gasteiger partial charge in [0.1, 0.15) is 5.82 Å². The predicted molar refractivity (Wildman–Crippen MR) is 76.4 cm³/mol. The van der Waals surface area contributed by atoms with Gasteiger partial charge in [0, 0.05) is 22.3 Å². The SMILES string of the molecule is O=C(NCc1cc(Br)ccc1F)Nc1ccccc1. The minimum absolute atomic E-state index is 0.129. The van der Waals surface area contributed by atoms with E-state index in [0.717, 1.165) is 4.47 Å². The van der Waals surface area contributed by atoms with Crippen molar-refractivity contribution in [2.45, 2.75) is 6.54 Å². The number of carbonyl (C=O) groups excluding carboxylic acids is 1. The van der Waals surface area contributed by atoms with E-state index in [2.05, 4.69) is 26.6 Å². The quantitative estimate of drug-likeness (QED) is 0.883. The van der Waals surface area contributed by atoms with Crippen LogP contribution in [0, 0.1) is 5.82 Å². The minimum atomic E-state index is -0.370. The second-order valence-electron chi connectivity index (χ2n) is 3.91. The molecule has 98 valence electrons. The van der Waals surface area contributed by atoms with Crippen molar-refractivity contribution >= 4 is 27.6 Å². The zero-order chi connectivity index (χ0) is 13.7. The third kappa shape index (κ3) is 4.06. The molecule has 0 spiro atoms. The van der Waals surface area contributed by atoms with Crippen LogP contribution >= 0.6 is 15.9 Å². The van der Waals surface area contributed by atoms with Crippen molar-refractivity contribution in [3.05, 3.63) is 64.4 Å². The summed E-state index contributed by atoms with van der Waals surface area (Å²) >= 11 is 3.26. The highest BCUT2D eigenvalue weighted by molar-refractivity contribution is 9.10. The van der Waals surface area contributed by atoms with Gasteiger partial charge in [0.05, 0.1) is 0 Å². The van der Waals surface area contributed by atoms with Crippen LogP contribution in [0.3, 0.4) is 0 Å². The molecule has 0 aromatic heterocycles. The Morgan fingerprint density at radius 3 is 2.63 bits per heavy atom. The van der Waals surface area contributed by atoms with Crippen molar-refractivity contribution in [1.82, 2.24) is 5.32 Å². The number of urea groups is 1. The van der Waals surface area contributed by atoms with Gasteiger partial charge in [-0.25, -0.2) is 9.18 Å². The highest BCUT2D eigenvalue weighted by atomic mass is 79.9. The normalized spacial score (nSPS) is 10.0. The summed E-state index contributed by atoms with van der Waals surface area (Å²) < 4.78 is 14.2. The van der Waals surface area contributed by atoms with Crippen LogP contribution in [0.1, 0.15) is 5.56 Å². The molecule has 0 aliphatic heterocycles. The Balaban J connectivity index is 1.92. The van der Waals surface area contributed by atoms with E-state index in [9.17, 15) is 9.18 Å². The Labute approximate surface area is 119 Å². The molecule has 2 aromatic rings. The summed E-state index contributed by atoms with van der Waals surface area (Å²) in [6.07, 6.45) is 0. The Hall–Kier alpha value is -1.88. The lowest BCUT2D eigenvalue weighted by molar-refractivity contribution is 0.251. The second-order valence-corrected chi connectivity index (χ2v) is 4.83. The first-order valence-electron chi connectivity index (χ1n) is 5.69. The highest BCUT2D eigenvalue weighted by Crippen LogP contribution is 2.15. The molecule has 19 heavy (non-hydrogen) atoms. The summed E-state index contributed by atoms with van der Waals surface area (Å²) in [6, 6.07) is 13.3. The maximum atomic E-state index is 13.5. The van der Waals surface area contributed by atoms with Gasteiger partial charge in [-0.3, -0.25) is 0 Å². The van der Waals surface area contributed by atoms with Crippen LogP contribution in [0.25, 0.3) is 0 Å². The molecule has 2 N–H and O–H groups in total. The third-order valence-electron chi connectivity index (χ3n) is 2.48. The van der Waals surface area contributed by atoms with Crippen molar-refractivity contribution in [2.24, 2.45) is 0 Å². The molecule has 0 unspecified atom stereocenters. The van der Waals surface area contributed by atoms with Gasteiger partial charge >= 0.3 is 6.03 Å². The molecule has 0 fully saturated rings. The minimum Gasteiger partial charge on any atom is -0.334 e. The summed E-state index contributed by atoms with van der Waals surface area (Å²) in [4.78, 5) is 11.6. The van der Waals surface area contributed by atoms with Crippen LogP contribution < -0.4 is 10.6 Å². The smallest absolute Gasteiger partial charge is 0.319 e. The van der Waals surface area contributed by atoms with Crippen molar-refractivity contribution in [3.8, 4) is 0 Å². The van der Waals surface area contributed by atoms with Crippen molar-refractivity contribution in [3.63, 3.8) is 0 Å². The largest absolute Gasteiger partial charge is 0.334 e. The van der Waals surface area contributed by atoms with Gasteiger partial charge in [-0.1, -0.05) is 34.1 Å². The number of anilines is 1. The number of carbonyl (C=O) groups is 1. The van der Waals surface area contributed by atoms with Gasteiger partial charge in [-0.2, -0.15) is 0 Å². The number of hydrogen-bond donors (Lipinski definition) is 2.